The van der Waals surface area contributed by atoms with Crippen molar-refractivity contribution in [1.82, 2.24) is 0 Å². The Hall–Kier alpha value is -0.340. The highest BCUT2D eigenvalue weighted by Gasteiger charge is 2.14. The van der Waals surface area contributed by atoms with Gasteiger partial charge < -0.3 is 4.74 Å². The van der Waals surface area contributed by atoms with Gasteiger partial charge in [-0.3, -0.25) is 0 Å². The predicted molar refractivity (Wildman–Crippen MR) is 56.7 cm³/mol. The number of aryl methyl sites for hydroxylation is 2. The molecule has 3 heteroatoms. The molecule has 0 bridgehead atoms. The summed E-state index contributed by atoms with van der Waals surface area (Å²) in [7, 11) is 8.67. The highest BCUT2D eigenvalue weighted by atomic mass is 35.7. The Kier molecular flexibility index (Phi) is 2.70. The normalized spacial score (nSPS) is 14.3. The summed E-state index contributed by atoms with van der Waals surface area (Å²) in [5, 5.41) is 0. The number of hydrogen-bond donors (Lipinski definition) is 0. The zero-order valence-electron chi connectivity index (χ0n) is 7.47. The molecule has 1 aliphatic rings. The van der Waals surface area contributed by atoms with Crippen LogP contribution in [0, 0.1) is 0 Å². The van der Waals surface area contributed by atoms with E-state index in [1.54, 1.807) is 7.11 Å². The summed E-state index contributed by atoms with van der Waals surface area (Å²) in [6.07, 6.45) is 3.62. The quantitative estimate of drug-likeness (QED) is 0.746. The summed E-state index contributed by atoms with van der Waals surface area (Å²) >= 11 is 0. The van der Waals surface area contributed by atoms with Gasteiger partial charge in [0, 0.05) is 0 Å². The fourth-order valence-corrected chi connectivity index (χ4v) is 2.57. The minimum atomic E-state index is 0.903. The molecule has 1 aromatic carbocycles. The van der Waals surface area contributed by atoms with Gasteiger partial charge in [0.25, 0.3) is 0 Å². The van der Waals surface area contributed by atoms with E-state index in [2.05, 4.69) is 12.1 Å². The van der Waals surface area contributed by atoms with Gasteiger partial charge >= 0.3 is 0 Å². The van der Waals surface area contributed by atoms with Crippen molar-refractivity contribution in [2.24, 2.45) is 0 Å². The topological polar surface area (TPSA) is 9.23 Å². The summed E-state index contributed by atoms with van der Waals surface area (Å²) in [6, 6.07) is 4.27. The van der Waals surface area contributed by atoms with Crippen LogP contribution in [0.15, 0.2) is 17.0 Å². The van der Waals surface area contributed by atoms with Crippen LogP contribution in [-0.2, 0) is 12.8 Å². The molecule has 0 spiro atoms. The molecule has 0 radical (unpaired) electrons. The number of methoxy groups -OCH3 is 1. The molecule has 0 aromatic heterocycles. The second kappa shape index (κ2) is 3.81. The number of hydrogen-bond acceptors (Lipinski definition) is 2. The van der Waals surface area contributed by atoms with Crippen LogP contribution in [0.25, 0.3) is 0 Å². The van der Waals surface area contributed by atoms with E-state index in [4.69, 9.17) is 15.4 Å². The Labute approximate surface area is 86.9 Å². The lowest BCUT2D eigenvalue weighted by molar-refractivity contribution is 0.404. The third-order valence-corrected chi connectivity index (χ3v) is 3.45. The number of ether oxygens (including phenoxy) is 1. The van der Waals surface area contributed by atoms with Crippen molar-refractivity contribution in [2.45, 2.75) is 24.2 Å². The molecule has 70 valence electrons. The number of benzene rings is 1. The first-order valence-electron chi connectivity index (χ1n) is 4.33. The van der Waals surface area contributed by atoms with Gasteiger partial charge in [0.1, 0.15) is 5.75 Å². The standard InChI is InChI=1S/C10H11ClOS/c1-12-9-5-7-3-2-4-8(7)6-10(9)13-11/h5-6H,2-4H2,1H3. The van der Waals surface area contributed by atoms with Crippen LogP contribution < -0.4 is 4.74 Å². The fraction of sp³-hybridized carbons (Fsp3) is 0.400. The Morgan fingerprint density at radius 2 is 2.00 bits per heavy atom. The summed E-state index contributed by atoms with van der Waals surface area (Å²) in [5.74, 6) is 0.903. The minimum absolute atomic E-state index is 0.903. The zero-order valence-corrected chi connectivity index (χ0v) is 9.04. The van der Waals surface area contributed by atoms with Gasteiger partial charge in [0.2, 0.25) is 0 Å². The van der Waals surface area contributed by atoms with Crippen molar-refractivity contribution in [2.75, 3.05) is 7.11 Å². The molecule has 0 heterocycles. The first kappa shape index (κ1) is 9.22. The van der Waals surface area contributed by atoms with Crippen molar-refractivity contribution >= 4 is 21.7 Å². The zero-order chi connectivity index (χ0) is 9.26. The third-order valence-electron chi connectivity index (χ3n) is 2.46. The van der Waals surface area contributed by atoms with Crippen molar-refractivity contribution in [3.63, 3.8) is 0 Å². The lowest BCUT2D eigenvalue weighted by Crippen LogP contribution is -1.89. The molecule has 2 rings (SSSR count). The number of halogens is 1. The van der Waals surface area contributed by atoms with Crippen LogP contribution in [-0.4, -0.2) is 7.11 Å². The van der Waals surface area contributed by atoms with Gasteiger partial charge in [0.05, 0.1) is 12.0 Å². The smallest absolute Gasteiger partial charge is 0.133 e. The molecule has 1 aliphatic carbocycles. The van der Waals surface area contributed by atoms with Gasteiger partial charge in [-0.25, -0.2) is 0 Å². The maximum absolute atomic E-state index is 5.75. The van der Waals surface area contributed by atoms with Gasteiger partial charge in [-0.05, 0) is 64.2 Å². The molecule has 0 saturated heterocycles. The highest BCUT2D eigenvalue weighted by molar-refractivity contribution is 8.21. The summed E-state index contributed by atoms with van der Waals surface area (Å²) in [4.78, 5) is 1.03. The Balaban J connectivity index is 2.47. The van der Waals surface area contributed by atoms with Crippen molar-refractivity contribution < 1.29 is 4.74 Å². The average molecular weight is 215 g/mol. The van der Waals surface area contributed by atoms with E-state index in [1.807, 2.05) is 0 Å². The van der Waals surface area contributed by atoms with Gasteiger partial charge in [-0.15, -0.1) is 0 Å². The molecule has 0 saturated carbocycles. The molecule has 1 nitrogen and oxygen atoms in total. The lowest BCUT2D eigenvalue weighted by Gasteiger charge is -2.07. The lowest BCUT2D eigenvalue weighted by atomic mass is 10.1. The van der Waals surface area contributed by atoms with E-state index in [0.29, 0.717) is 0 Å². The van der Waals surface area contributed by atoms with E-state index in [0.717, 1.165) is 10.6 Å². The first-order chi connectivity index (χ1) is 6.35. The molecule has 0 atom stereocenters. The molecule has 0 amide bonds. The molecule has 0 fully saturated rings. The molecular weight excluding hydrogens is 204 g/mol. The summed E-state index contributed by atoms with van der Waals surface area (Å²) in [5.41, 5.74) is 2.86. The molecule has 0 unspecified atom stereocenters. The van der Waals surface area contributed by atoms with E-state index in [1.165, 1.54) is 41.4 Å². The maximum Gasteiger partial charge on any atom is 0.133 e. The average Bonchev–Trinajstić information content (AvgIpc) is 2.62. The molecule has 0 aliphatic heterocycles. The Morgan fingerprint density at radius 1 is 1.31 bits per heavy atom. The van der Waals surface area contributed by atoms with Crippen LogP contribution in [0.2, 0.25) is 0 Å². The van der Waals surface area contributed by atoms with E-state index in [-0.39, 0.29) is 0 Å². The van der Waals surface area contributed by atoms with E-state index < -0.39 is 0 Å². The van der Waals surface area contributed by atoms with Crippen LogP contribution in [0.4, 0.5) is 0 Å². The first-order valence-corrected chi connectivity index (χ1v) is 5.98. The summed E-state index contributed by atoms with van der Waals surface area (Å²) in [6.45, 7) is 0. The second-order valence-corrected chi connectivity index (χ2v) is 4.26. The van der Waals surface area contributed by atoms with E-state index in [9.17, 15) is 0 Å². The van der Waals surface area contributed by atoms with Crippen LogP contribution in [0.5, 0.6) is 5.75 Å². The molecular formula is C10H11ClOS. The fourth-order valence-electron chi connectivity index (χ4n) is 1.80. The van der Waals surface area contributed by atoms with Crippen LogP contribution in [0.3, 0.4) is 0 Å². The van der Waals surface area contributed by atoms with Crippen LogP contribution >= 0.6 is 21.7 Å². The van der Waals surface area contributed by atoms with Crippen molar-refractivity contribution in [3.8, 4) is 5.75 Å². The second-order valence-electron chi connectivity index (χ2n) is 3.20. The van der Waals surface area contributed by atoms with Crippen LogP contribution in [0.1, 0.15) is 17.5 Å². The SMILES string of the molecule is COc1cc2c(cc1SCl)CCC2. The third kappa shape index (κ3) is 1.65. The Morgan fingerprint density at radius 3 is 2.62 bits per heavy atom. The van der Waals surface area contributed by atoms with Crippen molar-refractivity contribution in [3.05, 3.63) is 23.3 Å². The predicted octanol–water partition coefficient (Wildman–Crippen LogP) is 3.43. The molecule has 13 heavy (non-hydrogen) atoms. The van der Waals surface area contributed by atoms with Gasteiger partial charge in [-0.2, -0.15) is 0 Å². The van der Waals surface area contributed by atoms with E-state index >= 15 is 0 Å². The maximum atomic E-state index is 5.75. The van der Waals surface area contributed by atoms with Gasteiger partial charge in [-0.1, -0.05) is 0 Å². The minimum Gasteiger partial charge on any atom is -0.496 e. The number of fused-ring (bicyclic) bond motifs is 1. The van der Waals surface area contributed by atoms with Crippen molar-refractivity contribution in [1.29, 1.82) is 0 Å². The highest BCUT2D eigenvalue weighted by Crippen LogP contribution is 2.37. The monoisotopic (exact) mass is 214 g/mol. The molecule has 1 aromatic rings. The number of rotatable bonds is 2. The Bertz CT molecular complexity index is 294. The molecule has 0 N–H and O–H groups in total. The summed E-state index contributed by atoms with van der Waals surface area (Å²) < 4.78 is 5.26. The largest absolute Gasteiger partial charge is 0.496 e. The van der Waals surface area contributed by atoms with Gasteiger partial charge in [0.15, 0.2) is 0 Å².